The Kier molecular flexibility index (Phi) is 3.54. The number of nitrogens with one attached hydrogen (secondary N) is 1. The minimum Gasteiger partial charge on any atom is -0.336 e. The van der Waals surface area contributed by atoms with Crippen molar-refractivity contribution in [2.75, 3.05) is 7.05 Å². The van der Waals surface area contributed by atoms with Crippen molar-refractivity contribution in [3.8, 4) is 0 Å². The zero-order valence-corrected chi connectivity index (χ0v) is 11.2. The number of hydrogen-bond acceptors (Lipinski definition) is 3. The maximum Gasteiger partial charge on any atom is 0.130 e. The van der Waals surface area contributed by atoms with E-state index in [4.69, 9.17) is 23.2 Å². The summed E-state index contributed by atoms with van der Waals surface area (Å²) in [7, 11) is 3.83. The van der Waals surface area contributed by atoms with Crippen LogP contribution in [-0.2, 0) is 7.05 Å². The van der Waals surface area contributed by atoms with Gasteiger partial charge in [-0.2, -0.15) is 0 Å². The summed E-state index contributed by atoms with van der Waals surface area (Å²) in [5, 5.41) is 3.20. The number of thiophene rings is 1. The van der Waals surface area contributed by atoms with Gasteiger partial charge >= 0.3 is 0 Å². The van der Waals surface area contributed by atoms with E-state index < -0.39 is 0 Å². The van der Waals surface area contributed by atoms with Crippen molar-refractivity contribution in [2.24, 2.45) is 7.05 Å². The Bertz CT molecular complexity index is 492. The fourth-order valence-electron chi connectivity index (χ4n) is 1.63. The average Bonchev–Trinajstić information content (AvgIpc) is 2.77. The van der Waals surface area contributed by atoms with E-state index in [0.29, 0.717) is 8.67 Å². The van der Waals surface area contributed by atoms with Gasteiger partial charge in [0.1, 0.15) is 5.82 Å². The molecule has 16 heavy (non-hydrogen) atoms. The number of aryl methyl sites for hydroxylation is 1. The smallest absolute Gasteiger partial charge is 0.130 e. The van der Waals surface area contributed by atoms with E-state index >= 15 is 0 Å². The molecule has 2 heterocycles. The molecule has 6 heteroatoms. The van der Waals surface area contributed by atoms with Crippen LogP contribution >= 0.6 is 34.5 Å². The predicted molar refractivity (Wildman–Crippen MR) is 68.4 cm³/mol. The van der Waals surface area contributed by atoms with Crippen LogP contribution in [0.5, 0.6) is 0 Å². The lowest BCUT2D eigenvalue weighted by atomic mass is 10.1. The van der Waals surface area contributed by atoms with Gasteiger partial charge in [-0.3, -0.25) is 0 Å². The summed E-state index contributed by atoms with van der Waals surface area (Å²) < 4.78 is 3.35. The van der Waals surface area contributed by atoms with E-state index in [1.165, 1.54) is 11.3 Å². The van der Waals surface area contributed by atoms with E-state index in [2.05, 4.69) is 10.3 Å². The normalized spacial score (nSPS) is 13.0. The Morgan fingerprint density at radius 1 is 1.50 bits per heavy atom. The quantitative estimate of drug-likeness (QED) is 0.933. The summed E-state index contributed by atoms with van der Waals surface area (Å²) in [6.45, 7) is 0. The van der Waals surface area contributed by atoms with Gasteiger partial charge in [0.25, 0.3) is 0 Å². The molecule has 2 rings (SSSR count). The molecule has 2 aromatic heterocycles. The topological polar surface area (TPSA) is 29.9 Å². The van der Waals surface area contributed by atoms with Crippen molar-refractivity contribution in [2.45, 2.75) is 6.04 Å². The third kappa shape index (κ3) is 2.11. The van der Waals surface area contributed by atoms with Crippen molar-refractivity contribution in [1.82, 2.24) is 14.9 Å². The highest BCUT2D eigenvalue weighted by molar-refractivity contribution is 7.20. The molecule has 0 bridgehead atoms. The molecule has 0 saturated carbocycles. The SMILES string of the molecule is CNC(c1cc(Cl)sc1Cl)c1nccn1C. The monoisotopic (exact) mass is 275 g/mol. The molecule has 0 aliphatic rings. The molecule has 1 unspecified atom stereocenters. The first-order valence-corrected chi connectivity index (χ1v) is 6.30. The number of imidazole rings is 1. The van der Waals surface area contributed by atoms with Crippen LogP contribution in [0.4, 0.5) is 0 Å². The molecule has 0 fully saturated rings. The highest BCUT2D eigenvalue weighted by Gasteiger charge is 2.21. The summed E-state index contributed by atoms with van der Waals surface area (Å²) in [5.74, 6) is 0.916. The molecular formula is C10H11Cl2N3S. The lowest BCUT2D eigenvalue weighted by Gasteiger charge is -2.15. The standard InChI is InChI=1S/C10H11Cl2N3S/c1-13-8(10-14-3-4-15(10)2)6-5-7(11)16-9(6)12/h3-5,8,13H,1-2H3. The largest absolute Gasteiger partial charge is 0.336 e. The van der Waals surface area contributed by atoms with Gasteiger partial charge in [-0.1, -0.05) is 23.2 Å². The van der Waals surface area contributed by atoms with Crippen LogP contribution in [0.15, 0.2) is 18.5 Å². The fraction of sp³-hybridized carbons (Fsp3) is 0.300. The first-order chi connectivity index (χ1) is 7.63. The molecule has 0 radical (unpaired) electrons. The van der Waals surface area contributed by atoms with E-state index in [1.54, 1.807) is 6.20 Å². The van der Waals surface area contributed by atoms with Gasteiger partial charge in [-0.25, -0.2) is 4.98 Å². The van der Waals surface area contributed by atoms with Gasteiger partial charge in [0.15, 0.2) is 0 Å². The molecule has 2 aromatic rings. The van der Waals surface area contributed by atoms with Crippen molar-refractivity contribution in [3.05, 3.63) is 38.5 Å². The maximum atomic E-state index is 6.14. The van der Waals surface area contributed by atoms with Crippen LogP contribution in [-0.4, -0.2) is 16.6 Å². The number of aromatic nitrogens is 2. The van der Waals surface area contributed by atoms with Crippen LogP contribution in [0.3, 0.4) is 0 Å². The molecule has 0 spiro atoms. The van der Waals surface area contributed by atoms with Gasteiger partial charge in [0, 0.05) is 25.0 Å². The van der Waals surface area contributed by atoms with E-state index in [1.807, 2.05) is 30.9 Å². The van der Waals surface area contributed by atoms with Crippen LogP contribution < -0.4 is 5.32 Å². The van der Waals surface area contributed by atoms with Gasteiger partial charge in [0.05, 0.1) is 14.7 Å². The molecule has 0 amide bonds. The maximum absolute atomic E-state index is 6.14. The van der Waals surface area contributed by atoms with Gasteiger partial charge in [-0.15, -0.1) is 11.3 Å². The summed E-state index contributed by atoms with van der Waals surface area (Å²) in [5.41, 5.74) is 0.966. The van der Waals surface area contributed by atoms with Crippen molar-refractivity contribution < 1.29 is 0 Å². The molecule has 1 atom stereocenters. The highest BCUT2D eigenvalue weighted by atomic mass is 35.5. The summed E-state index contributed by atoms with van der Waals surface area (Å²) in [4.78, 5) is 4.32. The van der Waals surface area contributed by atoms with Gasteiger partial charge in [0.2, 0.25) is 0 Å². The van der Waals surface area contributed by atoms with Crippen LogP contribution in [0, 0.1) is 0 Å². The molecule has 0 aliphatic heterocycles. The molecule has 86 valence electrons. The fourth-order valence-corrected chi connectivity index (χ4v) is 3.16. The van der Waals surface area contributed by atoms with E-state index in [0.717, 1.165) is 11.4 Å². The first-order valence-electron chi connectivity index (χ1n) is 4.72. The highest BCUT2D eigenvalue weighted by Crippen LogP contribution is 2.36. The Balaban J connectivity index is 2.44. The second kappa shape index (κ2) is 4.75. The van der Waals surface area contributed by atoms with Crippen LogP contribution in [0.1, 0.15) is 17.4 Å². The number of hydrogen-bond donors (Lipinski definition) is 1. The van der Waals surface area contributed by atoms with E-state index in [9.17, 15) is 0 Å². The Morgan fingerprint density at radius 3 is 2.69 bits per heavy atom. The van der Waals surface area contributed by atoms with Crippen molar-refractivity contribution in [3.63, 3.8) is 0 Å². The summed E-state index contributed by atoms with van der Waals surface area (Å²) in [6, 6.07) is 1.85. The third-order valence-corrected chi connectivity index (χ3v) is 3.92. The van der Waals surface area contributed by atoms with Crippen molar-refractivity contribution >= 4 is 34.5 Å². The Hall–Kier alpha value is -0.550. The molecule has 0 aliphatic carbocycles. The predicted octanol–water partition coefficient (Wildman–Crippen LogP) is 3.10. The van der Waals surface area contributed by atoms with Crippen molar-refractivity contribution in [1.29, 1.82) is 0 Å². The zero-order valence-electron chi connectivity index (χ0n) is 8.87. The second-order valence-corrected chi connectivity index (χ2v) is 5.68. The zero-order chi connectivity index (χ0) is 11.7. The van der Waals surface area contributed by atoms with E-state index in [-0.39, 0.29) is 6.04 Å². The van der Waals surface area contributed by atoms with Gasteiger partial charge in [-0.05, 0) is 13.1 Å². The van der Waals surface area contributed by atoms with Crippen LogP contribution in [0.25, 0.3) is 0 Å². The number of rotatable bonds is 3. The average molecular weight is 276 g/mol. The first kappa shape index (κ1) is 11.9. The number of nitrogens with zero attached hydrogens (tertiary/aromatic N) is 2. The molecular weight excluding hydrogens is 265 g/mol. The molecule has 1 N–H and O–H groups in total. The Morgan fingerprint density at radius 2 is 2.25 bits per heavy atom. The Labute approximate surface area is 108 Å². The molecule has 0 saturated heterocycles. The summed E-state index contributed by atoms with van der Waals surface area (Å²) >= 11 is 13.5. The number of halogens is 2. The molecule has 3 nitrogen and oxygen atoms in total. The molecule has 0 aromatic carbocycles. The third-order valence-electron chi connectivity index (χ3n) is 2.40. The summed E-state index contributed by atoms with van der Waals surface area (Å²) in [6.07, 6.45) is 3.67. The van der Waals surface area contributed by atoms with Crippen LogP contribution in [0.2, 0.25) is 8.67 Å². The minimum atomic E-state index is -0.0313. The second-order valence-electron chi connectivity index (χ2n) is 3.40. The lowest BCUT2D eigenvalue weighted by Crippen LogP contribution is -2.20. The minimum absolute atomic E-state index is 0.0313. The van der Waals surface area contributed by atoms with Gasteiger partial charge < -0.3 is 9.88 Å². The lowest BCUT2D eigenvalue weighted by molar-refractivity contribution is 0.619.